The topological polar surface area (TPSA) is 87.8 Å². The number of para-hydroxylation sites is 1. The van der Waals surface area contributed by atoms with Crippen molar-refractivity contribution in [1.82, 2.24) is 4.90 Å². The second kappa shape index (κ2) is 8.65. The number of rotatable bonds is 8. The molecule has 0 aliphatic rings. The molecule has 0 aliphatic heterocycles. The largest absolute Gasteiger partial charge is 0.389 e. The molecule has 1 atom stereocenters. The minimum atomic E-state index is -0.603. The Balaban J connectivity index is 2.47. The zero-order valence-electron chi connectivity index (χ0n) is 12.0. The summed E-state index contributed by atoms with van der Waals surface area (Å²) in [5.41, 5.74) is 7.24. The Hall–Kier alpha value is -1.47. The highest BCUT2D eigenvalue weighted by Crippen LogP contribution is 2.13. The molecule has 112 valence electrons. The van der Waals surface area contributed by atoms with Crippen LogP contribution in [0.25, 0.3) is 0 Å². The average Bonchev–Trinajstić information content (AvgIpc) is 2.39. The number of benzene rings is 1. The molecule has 1 rings (SSSR count). The van der Waals surface area contributed by atoms with Crippen molar-refractivity contribution in [2.75, 3.05) is 39.2 Å². The number of hydrogen-bond acceptors (Lipinski definition) is 5. The van der Waals surface area contributed by atoms with E-state index in [0.717, 1.165) is 11.3 Å². The summed E-state index contributed by atoms with van der Waals surface area (Å²) in [6, 6.07) is 7.42. The first-order valence-electron chi connectivity index (χ1n) is 6.50. The van der Waals surface area contributed by atoms with Crippen LogP contribution in [0.2, 0.25) is 0 Å². The first-order valence-corrected chi connectivity index (χ1v) is 6.50. The number of ether oxygens (including phenoxy) is 1. The van der Waals surface area contributed by atoms with Crippen molar-refractivity contribution in [3.8, 4) is 0 Å². The van der Waals surface area contributed by atoms with Crippen LogP contribution >= 0.6 is 0 Å². The van der Waals surface area contributed by atoms with Crippen molar-refractivity contribution in [3.63, 3.8) is 0 Å². The molecule has 0 bridgehead atoms. The van der Waals surface area contributed by atoms with E-state index in [1.165, 1.54) is 7.11 Å². The van der Waals surface area contributed by atoms with Crippen LogP contribution in [0, 0.1) is 0 Å². The summed E-state index contributed by atoms with van der Waals surface area (Å²) in [6.07, 6.45) is -0.603. The number of carbonyl (C=O) groups is 1. The van der Waals surface area contributed by atoms with Gasteiger partial charge in [-0.2, -0.15) is 0 Å². The number of nitrogens with one attached hydrogen (secondary N) is 1. The molecular weight excluding hydrogens is 258 g/mol. The molecule has 0 saturated heterocycles. The highest BCUT2D eigenvalue weighted by atomic mass is 16.5. The van der Waals surface area contributed by atoms with Crippen LogP contribution in [0.3, 0.4) is 0 Å². The standard InChI is InChI=1S/C14H23N3O3/c1-17(8-12(18)10-20-2)9-14(19)16-13-6-4-3-5-11(13)7-15/h3-6,12,18H,7-10,15H2,1-2H3,(H,16,19). The maximum absolute atomic E-state index is 11.9. The van der Waals surface area contributed by atoms with E-state index < -0.39 is 6.10 Å². The lowest BCUT2D eigenvalue weighted by Gasteiger charge is -2.20. The van der Waals surface area contributed by atoms with E-state index in [1.54, 1.807) is 11.9 Å². The van der Waals surface area contributed by atoms with Crippen molar-refractivity contribution < 1.29 is 14.6 Å². The lowest BCUT2D eigenvalue weighted by atomic mass is 10.2. The number of nitrogens with zero attached hydrogens (tertiary/aromatic N) is 1. The molecule has 4 N–H and O–H groups in total. The maximum atomic E-state index is 11.9. The first-order chi connectivity index (χ1) is 9.56. The average molecular weight is 281 g/mol. The van der Waals surface area contributed by atoms with Gasteiger partial charge in [-0.15, -0.1) is 0 Å². The van der Waals surface area contributed by atoms with Crippen molar-refractivity contribution in [2.24, 2.45) is 5.73 Å². The number of hydrogen-bond donors (Lipinski definition) is 3. The lowest BCUT2D eigenvalue weighted by Crippen LogP contribution is -2.37. The van der Waals surface area contributed by atoms with Gasteiger partial charge in [0.25, 0.3) is 0 Å². The van der Waals surface area contributed by atoms with Gasteiger partial charge in [-0.1, -0.05) is 18.2 Å². The van der Waals surface area contributed by atoms with E-state index in [2.05, 4.69) is 5.32 Å². The fourth-order valence-electron chi connectivity index (χ4n) is 1.92. The summed E-state index contributed by atoms with van der Waals surface area (Å²) < 4.78 is 4.84. The second-order valence-corrected chi connectivity index (χ2v) is 4.72. The highest BCUT2D eigenvalue weighted by Gasteiger charge is 2.12. The van der Waals surface area contributed by atoms with E-state index in [0.29, 0.717) is 13.1 Å². The molecule has 0 aliphatic carbocycles. The molecule has 1 aromatic rings. The molecule has 0 saturated carbocycles. The Morgan fingerprint density at radius 3 is 2.85 bits per heavy atom. The van der Waals surface area contributed by atoms with Gasteiger partial charge in [-0.3, -0.25) is 9.69 Å². The molecule has 1 amide bonds. The third-order valence-electron chi connectivity index (χ3n) is 2.81. The van der Waals surface area contributed by atoms with Gasteiger partial charge in [-0.05, 0) is 18.7 Å². The molecule has 1 unspecified atom stereocenters. The van der Waals surface area contributed by atoms with Crippen LogP contribution in [0.5, 0.6) is 0 Å². The number of aliphatic hydroxyl groups is 1. The number of amides is 1. The quantitative estimate of drug-likeness (QED) is 0.625. The Labute approximate surface area is 119 Å². The van der Waals surface area contributed by atoms with Gasteiger partial charge in [-0.25, -0.2) is 0 Å². The van der Waals surface area contributed by atoms with Crippen LogP contribution < -0.4 is 11.1 Å². The predicted octanol–water partition coefficient (Wildman–Crippen LogP) is 0.0229. The smallest absolute Gasteiger partial charge is 0.238 e. The molecule has 20 heavy (non-hydrogen) atoms. The van der Waals surface area contributed by atoms with Crippen molar-refractivity contribution in [3.05, 3.63) is 29.8 Å². The zero-order chi connectivity index (χ0) is 15.0. The fourth-order valence-corrected chi connectivity index (χ4v) is 1.92. The fraction of sp³-hybridized carbons (Fsp3) is 0.500. The van der Waals surface area contributed by atoms with Crippen LogP contribution in [-0.4, -0.2) is 55.9 Å². The molecule has 0 aromatic heterocycles. The Bertz CT molecular complexity index is 426. The van der Waals surface area contributed by atoms with Gasteiger partial charge >= 0.3 is 0 Å². The molecule has 6 nitrogen and oxygen atoms in total. The van der Waals surface area contributed by atoms with Gasteiger partial charge in [0.1, 0.15) is 0 Å². The number of anilines is 1. The van der Waals surface area contributed by atoms with Crippen molar-refractivity contribution in [2.45, 2.75) is 12.6 Å². The Morgan fingerprint density at radius 1 is 1.50 bits per heavy atom. The lowest BCUT2D eigenvalue weighted by molar-refractivity contribution is -0.117. The summed E-state index contributed by atoms with van der Waals surface area (Å²) in [5, 5.41) is 12.4. The van der Waals surface area contributed by atoms with Crippen LogP contribution in [0.15, 0.2) is 24.3 Å². The number of likely N-dealkylation sites (N-methyl/N-ethyl adjacent to an activating group) is 1. The molecule has 0 spiro atoms. The van der Waals surface area contributed by atoms with Gasteiger partial charge in [0.05, 0.1) is 19.3 Å². The number of nitrogens with two attached hydrogens (primary N) is 1. The van der Waals surface area contributed by atoms with E-state index in [1.807, 2.05) is 24.3 Å². The zero-order valence-corrected chi connectivity index (χ0v) is 12.0. The van der Waals surface area contributed by atoms with E-state index in [-0.39, 0.29) is 19.1 Å². The van der Waals surface area contributed by atoms with Crippen molar-refractivity contribution in [1.29, 1.82) is 0 Å². The predicted molar refractivity (Wildman–Crippen MR) is 78.3 cm³/mol. The Morgan fingerprint density at radius 2 is 2.20 bits per heavy atom. The van der Waals surface area contributed by atoms with E-state index in [4.69, 9.17) is 10.5 Å². The molecule has 0 fully saturated rings. The van der Waals surface area contributed by atoms with Crippen LogP contribution in [-0.2, 0) is 16.1 Å². The number of carbonyl (C=O) groups excluding carboxylic acids is 1. The summed E-state index contributed by atoms with van der Waals surface area (Å²) in [7, 11) is 3.30. The SMILES string of the molecule is COCC(O)CN(C)CC(=O)Nc1ccccc1CN. The van der Waals surface area contributed by atoms with Gasteiger partial charge in [0.2, 0.25) is 5.91 Å². The summed E-state index contributed by atoms with van der Waals surface area (Å²) in [6.45, 7) is 1.19. The monoisotopic (exact) mass is 281 g/mol. The van der Waals surface area contributed by atoms with E-state index >= 15 is 0 Å². The van der Waals surface area contributed by atoms with Crippen LogP contribution in [0.4, 0.5) is 5.69 Å². The molecular formula is C14H23N3O3. The van der Waals surface area contributed by atoms with Crippen LogP contribution in [0.1, 0.15) is 5.56 Å². The normalized spacial score (nSPS) is 12.4. The first kappa shape index (κ1) is 16.6. The molecule has 0 radical (unpaired) electrons. The third-order valence-corrected chi connectivity index (χ3v) is 2.81. The van der Waals surface area contributed by atoms with Gasteiger partial charge < -0.3 is 20.9 Å². The highest BCUT2D eigenvalue weighted by molar-refractivity contribution is 5.92. The van der Waals surface area contributed by atoms with Gasteiger partial charge in [0, 0.05) is 25.9 Å². The molecule has 1 aromatic carbocycles. The minimum absolute atomic E-state index is 0.141. The maximum Gasteiger partial charge on any atom is 0.238 e. The van der Waals surface area contributed by atoms with Crippen molar-refractivity contribution >= 4 is 11.6 Å². The number of aliphatic hydroxyl groups excluding tert-OH is 1. The van der Waals surface area contributed by atoms with Gasteiger partial charge in [0.15, 0.2) is 0 Å². The minimum Gasteiger partial charge on any atom is -0.389 e. The molecule has 6 heteroatoms. The Kier molecular flexibility index (Phi) is 7.17. The summed E-state index contributed by atoms with van der Waals surface area (Å²) >= 11 is 0. The summed E-state index contributed by atoms with van der Waals surface area (Å²) in [5.74, 6) is -0.141. The third kappa shape index (κ3) is 5.66. The number of methoxy groups -OCH3 is 1. The molecule has 0 heterocycles. The second-order valence-electron chi connectivity index (χ2n) is 4.72. The van der Waals surface area contributed by atoms with E-state index in [9.17, 15) is 9.90 Å². The summed E-state index contributed by atoms with van der Waals surface area (Å²) in [4.78, 5) is 13.7.